The predicted octanol–water partition coefficient (Wildman–Crippen LogP) is 23.7. The van der Waals surface area contributed by atoms with Gasteiger partial charge in [0.1, 0.15) is 45.0 Å². The molecule has 0 spiro atoms. The van der Waals surface area contributed by atoms with Gasteiger partial charge in [0.2, 0.25) is 0 Å². The van der Waals surface area contributed by atoms with Gasteiger partial charge in [-0.2, -0.15) is 5.06 Å². The van der Waals surface area contributed by atoms with Crippen LogP contribution in [0.5, 0.6) is 34.5 Å². The number of nitrogens with zero attached hydrogens (tertiary/aromatic N) is 12. The Labute approximate surface area is 822 Å². The van der Waals surface area contributed by atoms with Crippen molar-refractivity contribution < 1.29 is 79.3 Å². The smallest absolute Gasteiger partial charge is 0.187 e. The number of aromatic nitrogens is 2. The number of ether oxygens (including phenoxy) is 8. The molecule has 6 aromatic rings. The number of hydrogen-bond donors (Lipinski definition) is 0. The molecule has 6 bridgehead atoms. The zero-order chi connectivity index (χ0) is 93.6. The van der Waals surface area contributed by atoms with Gasteiger partial charge in [-0.3, -0.25) is 4.94 Å². The maximum Gasteiger partial charge on any atom is 0.187 e. The molecule has 21 nitrogen and oxygen atoms in total. The van der Waals surface area contributed by atoms with E-state index in [1.54, 1.807) is 56.8 Å². The fourth-order valence-electron chi connectivity index (χ4n) is 15.2. The molecule has 1 radical (unpaired) electrons. The van der Waals surface area contributed by atoms with E-state index in [2.05, 4.69) is 194 Å². The molecule has 30 heteroatoms. The van der Waals surface area contributed by atoms with Crippen molar-refractivity contribution in [1.82, 2.24) is 14.8 Å². The van der Waals surface area contributed by atoms with E-state index in [1.165, 1.54) is 0 Å². The number of halogens is 4. The van der Waals surface area contributed by atoms with E-state index in [4.69, 9.17) is 119 Å². The average molecular weight is 1980 g/mol. The number of thioether (sulfide) groups is 4. The maximum atomic E-state index is 8.40. The molecule has 0 N–H and O–H groups in total. The molecule has 4 aliphatic rings. The van der Waals surface area contributed by atoms with Crippen LogP contribution in [-0.4, -0.2) is 228 Å². The Morgan fingerprint density at radius 2 is 0.736 bits per heavy atom. The number of amidine groups is 3. The Kier molecular flexibility index (Phi) is 41.0. The molecule has 6 heterocycles. The van der Waals surface area contributed by atoms with Crippen LogP contribution in [0.2, 0.25) is 20.1 Å². The average Bonchev–Trinajstić information content (AvgIpc) is 1.52. The summed E-state index contributed by atoms with van der Waals surface area (Å²) in [6, 6.07) is 0. The van der Waals surface area contributed by atoms with Gasteiger partial charge in [-0.05, 0) is 140 Å². The van der Waals surface area contributed by atoms with Crippen molar-refractivity contribution in [1.29, 1.82) is 0 Å². The van der Waals surface area contributed by atoms with E-state index in [9.17, 15) is 0 Å². The minimum Gasteiger partial charge on any atom is -0.492 e. The normalized spacial score (nSPS) is 15.2. The van der Waals surface area contributed by atoms with Gasteiger partial charge >= 0.3 is 0 Å². The molecule has 4 aromatic carbocycles. The number of hydroxylamine groups is 2. The Balaban J connectivity index is 0.0000188. The monoisotopic (exact) mass is 1970 g/mol. The first-order chi connectivity index (χ1) is 60.8. The summed E-state index contributed by atoms with van der Waals surface area (Å²) in [6.07, 6.45) is 3.13. The van der Waals surface area contributed by atoms with Crippen LogP contribution in [0.4, 0.5) is 11.6 Å². The number of hydrogen-bond acceptors (Lipinski definition) is 19. The molecular weight excluding hydrogens is 1820 g/mol. The summed E-state index contributed by atoms with van der Waals surface area (Å²) < 4.78 is 63.9. The van der Waals surface area contributed by atoms with Crippen molar-refractivity contribution in [3.63, 3.8) is 0 Å². The summed E-state index contributed by atoms with van der Waals surface area (Å²) in [7, 11) is 11.5. The van der Waals surface area contributed by atoms with Gasteiger partial charge in [-0.25, -0.2) is 15.0 Å². The van der Waals surface area contributed by atoms with Gasteiger partial charge in [-0.15, -0.1) is 51.8 Å². The number of quaternary nitrogens is 4. The molecule has 0 aliphatic carbocycles. The second kappa shape index (κ2) is 48.7. The molecule has 10 rings (SSSR count). The van der Waals surface area contributed by atoms with Gasteiger partial charge in [0.25, 0.3) is 0 Å². The van der Waals surface area contributed by atoms with Crippen molar-refractivity contribution in [2.24, 2.45) is 72.3 Å². The third-order valence-corrected chi connectivity index (χ3v) is 32.0. The standard InChI is InChI=1S/C99H155Cl4N12O9S4.V/c1-29-112(24,25)42-52-125-89-69(59-117-57-67(22)23)71-75(84(79(89)101)120-48-38-62(12)13)98-109-99-77-76(85(121-49-39-63(14)15)81(103)91(87(77)123-51-41-65(18)19)128-55-45-115(28,34-6)35-7)97-108-95-74-73(83(119-47-37-61(10)11)80(102)90(86(74)122-50-40-64(16)17)127-54-44-114(27,32-4)33-5)93(106-95)104-92-70-68(58-116-56-66(20)21)88(126-53-43-113(26,30-2)31-3)78(100)82(118-46-36-60(8)9)72(70)94(105-92)107-96(71)110(98)124-111(97)99;/h60-67,96H,29-59H2,1-28H3;/q+3;. The van der Waals surface area contributed by atoms with Crippen LogP contribution < -0.4 is 49.3 Å². The van der Waals surface area contributed by atoms with Crippen molar-refractivity contribution in [3.05, 3.63) is 64.4 Å². The second-order valence-electron chi connectivity index (χ2n) is 39.9. The van der Waals surface area contributed by atoms with Crippen LogP contribution in [0.25, 0.3) is 21.5 Å². The van der Waals surface area contributed by atoms with Crippen molar-refractivity contribution in [2.45, 2.75) is 237 Å². The van der Waals surface area contributed by atoms with Crippen molar-refractivity contribution >= 4 is 144 Å². The van der Waals surface area contributed by atoms with Gasteiger partial charge < -0.3 is 70.8 Å². The SMILES string of the molecule is CC[N+](C)(C)CCSc1c(Cl)c(OCCC(C)C)c2c(c1COCC(C)C)C1/N=c3\[n-]c(c4c(COCC(C)C)c(SCC[N+](C)(CC)CC)c(Cl)c(OCCC(C)C)c34)=NC3=N/C(=N\c4c5c(OCCC(C)C)c(Cl)c(SCC[N+](C)(CC)CC)c(OCCC(C)C)c5c5n4ON1C2=N5)c1c(OCCC(C)C)c(SCC[N+](C)(CC)CC)c(Cl)c(OCCC(C)C)c13.[V]. The first-order valence-corrected chi connectivity index (χ1v) is 53.2. The molecule has 719 valence electrons. The molecule has 0 saturated carbocycles. The summed E-state index contributed by atoms with van der Waals surface area (Å²) in [5.74, 6) is 8.85. The van der Waals surface area contributed by atoms with E-state index in [1.807, 2.05) is 0 Å². The number of rotatable bonds is 55. The Bertz CT molecular complexity index is 5020. The van der Waals surface area contributed by atoms with Gasteiger partial charge in [0.15, 0.2) is 29.1 Å². The summed E-state index contributed by atoms with van der Waals surface area (Å²) in [5, 5.41) is 5.64. The van der Waals surface area contributed by atoms with E-state index in [0.29, 0.717) is 204 Å². The van der Waals surface area contributed by atoms with Crippen LogP contribution in [0.1, 0.15) is 237 Å². The van der Waals surface area contributed by atoms with Gasteiger partial charge in [0, 0.05) is 97.4 Å². The molecule has 0 amide bonds. The largest absolute Gasteiger partial charge is 0.492 e. The first-order valence-electron chi connectivity index (χ1n) is 47.8. The zero-order valence-corrected chi connectivity index (χ0v) is 90.9. The molecule has 1 unspecified atom stereocenters. The molecular formula is C99H155Cl4N12O9S4V+3. The third-order valence-electron chi connectivity index (χ3n) is 25.7. The Morgan fingerprint density at radius 3 is 1.19 bits per heavy atom. The van der Waals surface area contributed by atoms with Crippen LogP contribution in [0.3, 0.4) is 0 Å². The van der Waals surface area contributed by atoms with Crippen LogP contribution in [0.15, 0.2) is 44.5 Å². The van der Waals surface area contributed by atoms with Crippen molar-refractivity contribution in [2.75, 3.05) is 183 Å². The Hall–Kier alpha value is -4.13. The molecule has 129 heavy (non-hydrogen) atoms. The van der Waals surface area contributed by atoms with E-state index >= 15 is 0 Å². The van der Waals surface area contributed by atoms with Gasteiger partial charge in [-0.1, -0.05) is 157 Å². The molecule has 0 saturated heterocycles. The van der Waals surface area contributed by atoms with Gasteiger partial charge in [0.05, 0.1) is 213 Å². The summed E-state index contributed by atoms with van der Waals surface area (Å²) in [4.78, 5) is 47.7. The first kappa shape index (κ1) is 109. The molecule has 1 atom stereocenters. The van der Waals surface area contributed by atoms with Crippen LogP contribution in [-0.2, 0) is 41.2 Å². The van der Waals surface area contributed by atoms with Crippen LogP contribution in [0, 0.1) is 47.3 Å². The van der Waals surface area contributed by atoms with E-state index in [0.717, 1.165) is 141 Å². The fraction of sp³-hybridized carbons (Fsp3) is 0.687. The summed E-state index contributed by atoms with van der Waals surface area (Å²) in [6.45, 7) is 64.1. The number of benzene rings is 4. The molecule has 4 aliphatic heterocycles. The second-order valence-corrected chi connectivity index (χ2v) is 45.8. The summed E-state index contributed by atoms with van der Waals surface area (Å²) >= 11 is 40.2. The minimum absolute atomic E-state index is 0. The fourth-order valence-corrected chi connectivity index (χ4v) is 22.0. The Morgan fingerprint density at radius 1 is 0.380 bits per heavy atom. The van der Waals surface area contributed by atoms with Crippen LogP contribution >= 0.6 is 93.5 Å². The number of fused-ring (bicyclic) bond motifs is 15. The number of aliphatic imine (C=N–C) groups is 3. The van der Waals surface area contributed by atoms with E-state index < -0.39 is 6.17 Å². The van der Waals surface area contributed by atoms with E-state index in [-0.39, 0.29) is 108 Å². The summed E-state index contributed by atoms with van der Waals surface area (Å²) in [5.41, 5.74) is 4.43. The topological polar surface area (TPSA) is 167 Å². The molecule has 2 aromatic heterocycles. The van der Waals surface area contributed by atoms with Crippen molar-refractivity contribution in [3.8, 4) is 34.5 Å². The quantitative estimate of drug-likeness (QED) is 0.0261. The molecule has 0 fully saturated rings. The third kappa shape index (κ3) is 26.2. The maximum absolute atomic E-state index is 8.40. The zero-order valence-electron chi connectivity index (χ0n) is 83.2. The predicted molar refractivity (Wildman–Crippen MR) is 540 cm³/mol. The minimum atomic E-state index is -1.17.